The zero-order valence-electron chi connectivity index (χ0n) is 11.9. The van der Waals surface area contributed by atoms with Gasteiger partial charge in [0.05, 0.1) is 7.11 Å². The molecule has 4 nitrogen and oxygen atoms in total. The van der Waals surface area contributed by atoms with E-state index in [2.05, 4.69) is 21.8 Å². The highest BCUT2D eigenvalue weighted by atomic mass is 35.5. The fraction of sp³-hybridized carbons (Fsp3) is 0.333. The zero-order valence-corrected chi connectivity index (χ0v) is 12.7. The molecule has 1 aromatic heterocycles. The van der Waals surface area contributed by atoms with Gasteiger partial charge < -0.3 is 9.64 Å². The molecule has 1 heterocycles. The van der Waals surface area contributed by atoms with Crippen molar-refractivity contribution >= 4 is 17.4 Å². The molecule has 106 valence electrons. The van der Waals surface area contributed by atoms with E-state index in [0.717, 1.165) is 30.1 Å². The van der Waals surface area contributed by atoms with Crippen molar-refractivity contribution < 1.29 is 4.74 Å². The molecule has 0 aliphatic rings. The lowest BCUT2D eigenvalue weighted by Crippen LogP contribution is -2.19. The summed E-state index contributed by atoms with van der Waals surface area (Å²) in [5, 5.41) is 0.527. The summed E-state index contributed by atoms with van der Waals surface area (Å²) in [7, 11) is 3.67. The van der Waals surface area contributed by atoms with Crippen LogP contribution < -0.4 is 9.64 Å². The minimum absolute atomic E-state index is 0.527. The van der Waals surface area contributed by atoms with Crippen LogP contribution in [0.25, 0.3) is 0 Å². The summed E-state index contributed by atoms with van der Waals surface area (Å²) in [6, 6.07) is 8.00. The SMILES string of the molecule is CCc1c(Cl)ncnc1N(C)Cc1ccc(OC)cc1. The smallest absolute Gasteiger partial charge is 0.137 e. The zero-order chi connectivity index (χ0) is 14.5. The molecule has 0 fully saturated rings. The standard InChI is InChI=1S/C15H18ClN3O/c1-4-13-14(16)17-10-18-15(13)19(2)9-11-5-7-12(20-3)8-6-11/h5-8,10H,4,9H2,1-3H3. The third-order valence-corrected chi connectivity index (χ3v) is 3.49. The van der Waals surface area contributed by atoms with E-state index < -0.39 is 0 Å². The molecular weight excluding hydrogens is 274 g/mol. The molecule has 0 aliphatic heterocycles. The van der Waals surface area contributed by atoms with E-state index in [-0.39, 0.29) is 0 Å². The molecule has 0 amide bonds. The lowest BCUT2D eigenvalue weighted by molar-refractivity contribution is 0.414. The highest BCUT2D eigenvalue weighted by Crippen LogP contribution is 2.24. The highest BCUT2D eigenvalue weighted by Gasteiger charge is 2.12. The Hall–Kier alpha value is -1.81. The van der Waals surface area contributed by atoms with Crippen LogP contribution in [-0.4, -0.2) is 24.1 Å². The van der Waals surface area contributed by atoms with Gasteiger partial charge in [-0.2, -0.15) is 0 Å². The van der Waals surface area contributed by atoms with Gasteiger partial charge in [0.25, 0.3) is 0 Å². The molecule has 2 rings (SSSR count). The second kappa shape index (κ2) is 6.57. The Bertz CT molecular complexity index is 572. The number of nitrogens with zero attached hydrogens (tertiary/aromatic N) is 3. The van der Waals surface area contributed by atoms with Crippen LogP contribution in [0.1, 0.15) is 18.1 Å². The van der Waals surface area contributed by atoms with Crippen molar-refractivity contribution in [1.82, 2.24) is 9.97 Å². The third-order valence-electron chi connectivity index (χ3n) is 3.16. The number of aromatic nitrogens is 2. The lowest BCUT2D eigenvalue weighted by atomic mass is 10.2. The van der Waals surface area contributed by atoms with Crippen molar-refractivity contribution in [3.8, 4) is 5.75 Å². The number of halogens is 1. The maximum absolute atomic E-state index is 6.12. The van der Waals surface area contributed by atoms with Crippen molar-refractivity contribution in [3.05, 3.63) is 46.9 Å². The van der Waals surface area contributed by atoms with Gasteiger partial charge in [-0.1, -0.05) is 30.7 Å². The number of methoxy groups -OCH3 is 1. The first-order valence-electron chi connectivity index (χ1n) is 6.49. The molecule has 20 heavy (non-hydrogen) atoms. The van der Waals surface area contributed by atoms with E-state index in [0.29, 0.717) is 5.15 Å². The van der Waals surface area contributed by atoms with Crippen LogP contribution in [0.3, 0.4) is 0 Å². The molecule has 0 saturated carbocycles. The Balaban J connectivity index is 2.19. The van der Waals surface area contributed by atoms with Crippen LogP contribution >= 0.6 is 11.6 Å². The largest absolute Gasteiger partial charge is 0.497 e. The van der Waals surface area contributed by atoms with Crippen LogP contribution in [0.5, 0.6) is 5.75 Å². The third kappa shape index (κ3) is 3.20. The van der Waals surface area contributed by atoms with Gasteiger partial charge in [-0.15, -0.1) is 0 Å². The molecule has 5 heteroatoms. The molecule has 0 N–H and O–H groups in total. The summed E-state index contributed by atoms with van der Waals surface area (Å²) in [6.07, 6.45) is 2.31. The van der Waals surface area contributed by atoms with Crippen molar-refractivity contribution in [2.75, 3.05) is 19.1 Å². The van der Waals surface area contributed by atoms with Crippen LogP contribution in [0.2, 0.25) is 5.15 Å². The quantitative estimate of drug-likeness (QED) is 0.792. The minimum atomic E-state index is 0.527. The van der Waals surface area contributed by atoms with Gasteiger partial charge >= 0.3 is 0 Å². The van der Waals surface area contributed by atoms with Gasteiger partial charge in [-0.3, -0.25) is 0 Å². The molecule has 0 saturated heterocycles. The first-order chi connectivity index (χ1) is 9.65. The second-order valence-corrected chi connectivity index (χ2v) is 4.88. The summed E-state index contributed by atoms with van der Waals surface area (Å²) in [5.74, 6) is 1.74. The van der Waals surface area contributed by atoms with Gasteiger partial charge in [0.1, 0.15) is 23.0 Å². The molecule has 0 aliphatic carbocycles. The van der Waals surface area contributed by atoms with Crippen LogP contribution in [-0.2, 0) is 13.0 Å². The Morgan fingerprint density at radius 3 is 2.50 bits per heavy atom. The van der Waals surface area contributed by atoms with E-state index in [1.54, 1.807) is 7.11 Å². The fourth-order valence-electron chi connectivity index (χ4n) is 2.09. The fourth-order valence-corrected chi connectivity index (χ4v) is 2.36. The van der Waals surface area contributed by atoms with Gasteiger partial charge in [0.2, 0.25) is 0 Å². The van der Waals surface area contributed by atoms with Gasteiger partial charge in [-0.25, -0.2) is 9.97 Å². The average Bonchev–Trinajstić information content (AvgIpc) is 2.47. The Morgan fingerprint density at radius 1 is 1.20 bits per heavy atom. The number of benzene rings is 1. The number of hydrogen-bond acceptors (Lipinski definition) is 4. The number of anilines is 1. The van der Waals surface area contributed by atoms with E-state index in [9.17, 15) is 0 Å². The first-order valence-corrected chi connectivity index (χ1v) is 6.87. The number of ether oxygens (including phenoxy) is 1. The highest BCUT2D eigenvalue weighted by molar-refractivity contribution is 6.30. The topological polar surface area (TPSA) is 38.2 Å². The summed E-state index contributed by atoms with van der Waals surface area (Å²) in [5.41, 5.74) is 2.16. The van der Waals surface area contributed by atoms with Crippen LogP contribution in [0.4, 0.5) is 5.82 Å². The van der Waals surface area contributed by atoms with Crippen molar-refractivity contribution in [1.29, 1.82) is 0 Å². The monoisotopic (exact) mass is 291 g/mol. The molecule has 0 atom stereocenters. The molecule has 0 spiro atoms. The normalized spacial score (nSPS) is 10.4. The maximum atomic E-state index is 6.12. The van der Waals surface area contributed by atoms with Crippen LogP contribution in [0.15, 0.2) is 30.6 Å². The summed E-state index contributed by atoms with van der Waals surface area (Å²) in [4.78, 5) is 10.5. The summed E-state index contributed by atoms with van der Waals surface area (Å²) >= 11 is 6.12. The van der Waals surface area contributed by atoms with Crippen molar-refractivity contribution in [2.45, 2.75) is 19.9 Å². The van der Waals surface area contributed by atoms with E-state index >= 15 is 0 Å². The Morgan fingerprint density at radius 2 is 1.90 bits per heavy atom. The first kappa shape index (κ1) is 14.6. The Kier molecular flexibility index (Phi) is 4.79. The Labute approximate surface area is 124 Å². The molecule has 2 aromatic rings. The molecule has 1 aromatic carbocycles. The van der Waals surface area contributed by atoms with E-state index in [1.165, 1.54) is 11.9 Å². The molecule has 0 bridgehead atoms. The summed E-state index contributed by atoms with van der Waals surface area (Å²) < 4.78 is 5.16. The van der Waals surface area contributed by atoms with Gasteiger partial charge in [0, 0.05) is 19.2 Å². The van der Waals surface area contributed by atoms with Gasteiger partial charge in [-0.05, 0) is 24.1 Å². The second-order valence-electron chi connectivity index (χ2n) is 4.52. The molecule has 0 unspecified atom stereocenters. The number of rotatable bonds is 5. The average molecular weight is 292 g/mol. The predicted molar refractivity (Wildman–Crippen MR) is 81.5 cm³/mol. The number of hydrogen-bond donors (Lipinski definition) is 0. The van der Waals surface area contributed by atoms with Crippen molar-refractivity contribution in [3.63, 3.8) is 0 Å². The predicted octanol–water partition coefficient (Wildman–Crippen LogP) is 3.34. The van der Waals surface area contributed by atoms with Crippen LogP contribution in [0, 0.1) is 0 Å². The van der Waals surface area contributed by atoms with Gasteiger partial charge in [0.15, 0.2) is 0 Å². The summed E-state index contributed by atoms with van der Waals surface area (Å²) in [6.45, 7) is 2.81. The molecular formula is C15H18ClN3O. The molecule has 0 radical (unpaired) electrons. The minimum Gasteiger partial charge on any atom is -0.497 e. The van der Waals surface area contributed by atoms with E-state index in [1.807, 2.05) is 31.3 Å². The van der Waals surface area contributed by atoms with Crippen molar-refractivity contribution in [2.24, 2.45) is 0 Å². The maximum Gasteiger partial charge on any atom is 0.137 e. The van der Waals surface area contributed by atoms with E-state index in [4.69, 9.17) is 16.3 Å². The lowest BCUT2D eigenvalue weighted by Gasteiger charge is -2.21.